The molecule has 3 unspecified atom stereocenters. The van der Waals surface area contributed by atoms with Crippen LogP contribution < -0.4 is 0 Å². The van der Waals surface area contributed by atoms with E-state index in [-0.39, 0.29) is 0 Å². The maximum absolute atomic E-state index is 2.97. The molecular formula is C8H20P2. The van der Waals surface area contributed by atoms with Crippen molar-refractivity contribution >= 4 is 17.8 Å². The van der Waals surface area contributed by atoms with Gasteiger partial charge in [-0.25, -0.2) is 0 Å². The van der Waals surface area contributed by atoms with Crippen molar-refractivity contribution < 1.29 is 0 Å². The van der Waals surface area contributed by atoms with E-state index in [1.54, 1.807) is 0 Å². The predicted molar refractivity (Wildman–Crippen MR) is 56.5 cm³/mol. The molecule has 0 saturated carbocycles. The van der Waals surface area contributed by atoms with E-state index in [4.69, 9.17) is 0 Å². The molecule has 0 aliphatic carbocycles. The largest absolute Gasteiger partial charge is 0.127 e. The highest BCUT2D eigenvalue weighted by Crippen LogP contribution is 2.48. The second-order valence-corrected chi connectivity index (χ2v) is 8.89. The molecule has 0 rings (SSSR count). The molecule has 10 heavy (non-hydrogen) atoms. The average Bonchev–Trinajstić information content (AvgIpc) is 1.60. The van der Waals surface area contributed by atoms with Gasteiger partial charge in [0.15, 0.2) is 0 Å². The summed E-state index contributed by atoms with van der Waals surface area (Å²) >= 11 is 0. The summed E-state index contributed by atoms with van der Waals surface area (Å²) in [4.78, 5) is 0.470. The lowest BCUT2D eigenvalue weighted by Crippen LogP contribution is -2.16. The Labute approximate surface area is 69.5 Å². The van der Waals surface area contributed by atoms with Crippen LogP contribution in [-0.4, -0.2) is 10.1 Å². The first kappa shape index (κ1) is 10.9. The second kappa shape index (κ2) is 3.51. The summed E-state index contributed by atoms with van der Waals surface area (Å²) in [5.74, 6) is 0. The van der Waals surface area contributed by atoms with Crippen molar-refractivity contribution in [3.63, 3.8) is 0 Å². The van der Waals surface area contributed by atoms with E-state index in [0.717, 1.165) is 8.58 Å². The van der Waals surface area contributed by atoms with E-state index in [1.807, 2.05) is 0 Å². The third-order valence-corrected chi connectivity index (χ3v) is 3.91. The van der Waals surface area contributed by atoms with E-state index < -0.39 is 0 Å². The highest BCUT2D eigenvalue weighted by Gasteiger charge is 2.22. The summed E-state index contributed by atoms with van der Waals surface area (Å²) in [5, 5.41) is 0.493. The Balaban J connectivity index is 3.89. The van der Waals surface area contributed by atoms with Crippen molar-refractivity contribution in [2.75, 3.05) is 0 Å². The van der Waals surface area contributed by atoms with Crippen molar-refractivity contribution in [3.8, 4) is 0 Å². The van der Waals surface area contributed by atoms with E-state index >= 15 is 0 Å². The molecule has 0 aliphatic rings. The molecule has 0 heterocycles. The summed E-state index contributed by atoms with van der Waals surface area (Å²) in [6.45, 7) is 11.5. The van der Waals surface area contributed by atoms with Gasteiger partial charge >= 0.3 is 0 Å². The first-order chi connectivity index (χ1) is 4.27. The van der Waals surface area contributed by atoms with Crippen LogP contribution >= 0.6 is 17.8 Å². The van der Waals surface area contributed by atoms with Gasteiger partial charge in [0.1, 0.15) is 0 Å². The van der Waals surface area contributed by atoms with Crippen LogP contribution in [0.15, 0.2) is 0 Å². The molecule has 0 aromatic rings. The van der Waals surface area contributed by atoms with Gasteiger partial charge in [-0.2, -0.15) is 0 Å². The molecule has 0 aromatic heterocycles. The van der Waals surface area contributed by atoms with Crippen molar-refractivity contribution in [1.82, 2.24) is 0 Å². The zero-order valence-corrected chi connectivity index (χ0v) is 9.94. The van der Waals surface area contributed by atoms with E-state index in [2.05, 4.69) is 43.9 Å². The molecule has 0 nitrogen and oxygen atoms in total. The minimum Gasteiger partial charge on any atom is -0.127 e. The Hall–Kier alpha value is 0.860. The molecule has 2 heteroatoms. The average molecular weight is 178 g/mol. The molecule has 0 aliphatic heterocycles. The zero-order valence-electron chi connectivity index (χ0n) is 7.78. The molecule has 0 N–H and O–H groups in total. The molecular weight excluding hydrogens is 158 g/mol. The maximum Gasteiger partial charge on any atom is -0.000441 e. The molecule has 0 bridgehead atoms. The van der Waals surface area contributed by atoms with Gasteiger partial charge in [-0.1, -0.05) is 34.6 Å². The quantitative estimate of drug-likeness (QED) is 0.568. The monoisotopic (exact) mass is 178 g/mol. The van der Waals surface area contributed by atoms with Gasteiger partial charge in [-0.05, 0) is 16.5 Å². The molecule has 0 amide bonds. The van der Waals surface area contributed by atoms with Gasteiger partial charge in [0.25, 0.3) is 0 Å². The third-order valence-electron chi connectivity index (χ3n) is 1.40. The fraction of sp³-hybridized carbons (Fsp3) is 1.00. The van der Waals surface area contributed by atoms with Gasteiger partial charge in [-0.15, -0.1) is 17.8 Å². The second-order valence-electron chi connectivity index (χ2n) is 4.15. The Morgan fingerprint density at radius 3 is 1.70 bits per heavy atom. The van der Waals surface area contributed by atoms with Crippen molar-refractivity contribution in [2.24, 2.45) is 0 Å². The molecule has 62 valence electrons. The first-order valence-electron chi connectivity index (χ1n) is 3.85. The summed E-state index contributed by atoms with van der Waals surface area (Å²) in [6, 6.07) is 0. The highest BCUT2D eigenvalue weighted by atomic mass is 31.1. The van der Waals surface area contributed by atoms with Crippen LogP contribution in [0.25, 0.3) is 0 Å². The first-order valence-corrected chi connectivity index (χ1v) is 5.43. The Morgan fingerprint density at radius 2 is 1.60 bits per heavy atom. The Morgan fingerprint density at radius 1 is 1.20 bits per heavy atom. The van der Waals surface area contributed by atoms with Crippen LogP contribution in [0.5, 0.6) is 0 Å². The minimum atomic E-state index is 0.470. The maximum atomic E-state index is 2.97. The fourth-order valence-corrected chi connectivity index (χ4v) is 4.13. The highest BCUT2D eigenvalue weighted by molar-refractivity contribution is 7.53. The fourth-order valence-electron chi connectivity index (χ4n) is 0.945. The zero-order chi connectivity index (χ0) is 8.41. The normalized spacial score (nSPS) is 19.8. The van der Waals surface area contributed by atoms with Crippen LogP contribution in [0.1, 0.15) is 41.0 Å². The summed E-state index contributed by atoms with van der Waals surface area (Å²) in [7, 11) is 4.00. The van der Waals surface area contributed by atoms with Gasteiger partial charge < -0.3 is 0 Å². The SMILES string of the molecule is CCC(C)(P)PC(C)(C)C. The molecule has 3 atom stereocenters. The number of hydrogen-bond acceptors (Lipinski definition) is 0. The number of rotatable bonds is 2. The topological polar surface area (TPSA) is 0 Å². The summed E-state index contributed by atoms with van der Waals surface area (Å²) in [6.07, 6.45) is 1.26. The lowest BCUT2D eigenvalue weighted by Gasteiger charge is -2.31. The van der Waals surface area contributed by atoms with E-state index in [9.17, 15) is 0 Å². The van der Waals surface area contributed by atoms with Crippen LogP contribution in [0.4, 0.5) is 0 Å². The predicted octanol–water partition coefficient (Wildman–Crippen LogP) is 3.46. The van der Waals surface area contributed by atoms with Crippen LogP contribution in [0.3, 0.4) is 0 Å². The smallest absolute Gasteiger partial charge is 0.000441 e. The van der Waals surface area contributed by atoms with Gasteiger partial charge in [0, 0.05) is 0 Å². The summed E-state index contributed by atoms with van der Waals surface area (Å²) < 4.78 is 0. The molecule has 0 saturated heterocycles. The minimum absolute atomic E-state index is 0.470. The summed E-state index contributed by atoms with van der Waals surface area (Å²) in [5.41, 5.74) is 0. The van der Waals surface area contributed by atoms with Crippen LogP contribution in [0, 0.1) is 0 Å². The lowest BCUT2D eigenvalue weighted by molar-refractivity contribution is 0.751. The molecule has 0 fully saturated rings. The lowest BCUT2D eigenvalue weighted by atomic mass is 10.3. The van der Waals surface area contributed by atoms with Crippen molar-refractivity contribution in [3.05, 3.63) is 0 Å². The molecule has 0 radical (unpaired) electrons. The molecule has 0 spiro atoms. The Kier molecular flexibility index (Phi) is 3.81. The third kappa shape index (κ3) is 5.63. The van der Waals surface area contributed by atoms with Crippen molar-refractivity contribution in [2.45, 2.75) is 51.1 Å². The Bertz CT molecular complexity index is 100. The molecule has 0 aromatic carbocycles. The van der Waals surface area contributed by atoms with E-state index in [0.29, 0.717) is 10.1 Å². The standard InChI is InChI=1S/C8H20P2/c1-6-8(5,9)10-7(2,3)4/h10H,6,9H2,1-5H3. The van der Waals surface area contributed by atoms with Gasteiger partial charge in [0.05, 0.1) is 0 Å². The van der Waals surface area contributed by atoms with E-state index in [1.165, 1.54) is 6.42 Å². The van der Waals surface area contributed by atoms with Crippen LogP contribution in [-0.2, 0) is 0 Å². The van der Waals surface area contributed by atoms with Gasteiger partial charge in [-0.3, -0.25) is 0 Å². The van der Waals surface area contributed by atoms with Gasteiger partial charge in [0.2, 0.25) is 0 Å². The van der Waals surface area contributed by atoms with Crippen LogP contribution in [0.2, 0.25) is 0 Å². The van der Waals surface area contributed by atoms with Crippen molar-refractivity contribution in [1.29, 1.82) is 0 Å². The number of hydrogen-bond donors (Lipinski definition) is 0.